The molecule has 0 N–H and O–H groups in total. The van der Waals surface area contributed by atoms with Gasteiger partial charge in [-0.3, -0.25) is 9.69 Å². The molecule has 2 aromatic rings. The minimum absolute atomic E-state index is 0.000818. The molecule has 156 valence electrons. The van der Waals surface area contributed by atoms with Crippen molar-refractivity contribution in [2.75, 3.05) is 51.3 Å². The Morgan fingerprint density at radius 3 is 2.24 bits per heavy atom. The van der Waals surface area contributed by atoms with Crippen LogP contribution in [0.25, 0.3) is 0 Å². The second-order valence-electron chi connectivity index (χ2n) is 7.69. The predicted molar refractivity (Wildman–Crippen MR) is 119 cm³/mol. The normalized spacial score (nSPS) is 14.9. The fourth-order valence-electron chi connectivity index (χ4n) is 3.46. The summed E-state index contributed by atoms with van der Waals surface area (Å²) < 4.78 is 5.68. The second-order valence-corrected chi connectivity index (χ2v) is 8.13. The molecule has 5 nitrogen and oxygen atoms in total. The lowest BCUT2D eigenvalue weighted by molar-refractivity contribution is 0.0774. The molecule has 1 fully saturated rings. The molecule has 0 saturated carbocycles. The zero-order valence-electron chi connectivity index (χ0n) is 17.5. The van der Waals surface area contributed by atoms with Crippen molar-refractivity contribution < 1.29 is 9.53 Å². The van der Waals surface area contributed by atoms with E-state index in [9.17, 15) is 4.79 Å². The highest BCUT2D eigenvalue weighted by Crippen LogP contribution is 2.19. The Bertz CT molecular complexity index is 785. The Hall–Kier alpha value is -2.24. The van der Waals surface area contributed by atoms with Crippen molar-refractivity contribution in [1.29, 1.82) is 0 Å². The van der Waals surface area contributed by atoms with Crippen LogP contribution < -0.4 is 9.64 Å². The third-order valence-electron chi connectivity index (χ3n) is 5.38. The number of amides is 1. The Morgan fingerprint density at radius 2 is 1.66 bits per heavy atom. The van der Waals surface area contributed by atoms with Gasteiger partial charge in [-0.05, 0) is 62.4 Å². The maximum absolute atomic E-state index is 12.7. The molecule has 29 heavy (non-hydrogen) atoms. The highest BCUT2D eigenvalue weighted by molar-refractivity contribution is 6.30. The molecule has 6 heteroatoms. The molecular weight excluding hydrogens is 386 g/mol. The van der Waals surface area contributed by atoms with Crippen LogP contribution in [0.5, 0.6) is 5.75 Å². The number of likely N-dealkylation sites (N-methyl/N-ethyl adjacent to an activating group) is 1. The van der Waals surface area contributed by atoms with Crippen molar-refractivity contribution in [2.24, 2.45) is 0 Å². The van der Waals surface area contributed by atoms with Crippen molar-refractivity contribution in [3.8, 4) is 5.75 Å². The average molecular weight is 416 g/mol. The van der Waals surface area contributed by atoms with Gasteiger partial charge < -0.3 is 14.5 Å². The third-order valence-corrected chi connectivity index (χ3v) is 5.63. The van der Waals surface area contributed by atoms with E-state index in [0.717, 1.165) is 31.9 Å². The highest BCUT2D eigenvalue weighted by atomic mass is 35.5. The van der Waals surface area contributed by atoms with Gasteiger partial charge in [-0.15, -0.1) is 0 Å². The lowest BCUT2D eigenvalue weighted by Crippen LogP contribution is -2.48. The summed E-state index contributed by atoms with van der Waals surface area (Å²) in [5, 5.41) is 0.676. The highest BCUT2D eigenvalue weighted by Gasteiger charge is 2.19. The Balaban J connectivity index is 1.48. The molecular formula is C23H30ClN3O2. The van der Waals surface area contributed by atoms with Crippen LogP contribution in [0.2, 0.25) is 5.02 Å². The molecule has 1 amide bonds. The lowest BCUT2D eigenvalue weighted by atomic mass is 10.1. The van der Waals surface area contributed by atoms with Crippen LogP contribution in [-0.4, -0.2) is 68.1 Å². The van der Waals surface area contributed by atoms with Gasteiger partial charge in [0.25, 0.3) is 5.91 Å². The van der Waals surface area contributed by atoms with Crippen molar-refractivity contribution in [3.63, 3.8) is 0 Å². The molecule has 1 heterocycles. The summed E-state index contributed by atoms with van der Waals surface area (Å²) in [7, 11) is 1.80. The molecule has 1 aliphatic rings. The Labute approximate surface area is 178 Å². The molecule has 0 spiro atoms. The van der Waals surface area contributed by atoms with E-state index >= 15 is 0 Å². The number of carbonyl (C=O) groups is 1. The number of ether oxygens (including phenoxy) is 1. The first-order valence-corrected chi connectivity index (χ1v) is 10.5. The third kappa shape index (κ3) is 5.87. The van der Waals surface area contributed by atoms with Crippen molar-refractivity contribution in [3.05, 3.63) is 59.1 Å². The van der Waals surface area contributed by atoms with Gasteiger partial charge in [-0.1, -0.05) is 11.6 Å². The number of piperazine rings is 1. The summed E-state index contributed by atoms with van der Waals surface area (Å²) in [6.07, 6.45) is 0. The van der Waals surface area contributed by atoms with Crippen LogP contribution in [0, 0.1) is 0 Å². The number of anilines is 1. The predicted octanol–water partition coefficient (Wildman–Crippen LogP) is 4.02. The number of benzene rings is 2. The molecule has 0 unspecified atom stereocenters. The quantitative estimate of drug-likeness (QED) is 0.684. The van der Waals surface area contributed by atoms with E-state index in [1.807, 2.05) is 24.3 Å². The van der Waals surface area contributed by atoms with Crippen molar-refractivity contribution in [1.82, 2.24) is 9.80 Å². The number of nitrogens with zero attached hydrogens (tertiary/aromatic N) is 3. The summed E-state index contributed by atoms with van der Waals surface area (Å²) >= 11 is 5.87. The van der Waals surface area contributed by atoms with Crippen LogP contribution in [0.15, 0.2) is 48.5 Å². The summed E-state index contributed by atoms with van der Waals surface area (Å²) in [5.41, 5.74) is 1.88. The van der Waals surface area contributed by atoms with Crippen LogP contribution in [0.1, 0.15) is 24.2 Å². The summed E-state index contributed by atoms with van der Waals surface area (Å²) in [6.45, 7) is 9.63. The number of hydrogen-bond acceptors (Lipinski definition) is 4. The maximum atomic E-state index is 12.7. The minimum atomic E-state index is 0.000818. The second kappa shape index (κ2) is 9.99. The van der Waals surface area contributed by atoms with Crippen LogP contribution in [-0.2, 0) is 0 Å². The molecule has 0 atom stereocenters. The van der Waals surface area contributed by atoms with E-state index in [-0.39, 0.29) is 5.91 Å². The van der Waals surface area contributed by atoms with E-state index in [1.54, 1.807) is 24.1 Å². The van der Waals surface area contributed by atoms with Crippen molar-refractivity contribution in [2.45, 2.75) is 19.9 Å². The largest absolute Gasteiger partial charge is 0.492 e. The van der Waals surface area contributed by atoms with E-state index in [4.69, 9.17) is 16.3 Å². The monoisotopic (exact) mass is 415 g/mol. The average Bonchev–Trinajstić information content (AvgIpc) is 2.74. The zero-order valence-corrected chi connectivity index (χ0v) is 18.2. The molecule has 0 aliphatic carbocycles. The zero-order chi connectivity index (χ0) is 20.8. The molecule has 1 aliphatic heterocycles. The van der Waals surface area contributed by atoms with Crippen molar-refractivity contribution >= 4 is 23.2 Å². The van der Waals surface area contributed by atoms with Gasteiger partial charge in [0, 0.05) is 55.5 Å². The summed E-state index contributed by atoms with van der Waals surface area (Å²) in [4.78, 5) is 19.2. The first-order chi connectivity index (χ1) is 13.9. The fraction of sp³-hybridized carbons (Fsp3) is 0.435. The number of halogens is 1. The van der Waals surface area contributed by atoms with Crippen LogP contribution >= 0.6 is 11.6 Å². The molecule has 0 aromatic heterocycles. The molecule has 1 saturated heterocycles. The molecule has 0 radical (unpaired) electrons. The fourth-order valence-corrected chi connectivity index (χ4v) is 3.59. The van der Waals surface area contributed by atoms with Gasteiger partial charge in [0.2, 0.25) is 0 Å². The minimum Gasteiger partial charge on any atom is -0.492 e. The van der Waals surface area contributed by atoms with Gasteiger partial charge in [0.05, 0.1) is 6.54 Å². The Kier molecular flexibility index (Phi) is 7.40. The SMILES string of the molecule is CC(C)N1CCN(c2ccc(C(=O)N(C)CCOc3ccc(Cl)cc3)cc2)CC1. The maximum Gasteiger partial charge on any atom is 0.253 e. The first-order valence-electron chi connectivity index (χ1n) is 10.2. The van der Waals surface area contributed by atoms with E-state index in [1.165, 1.54) is 5.69 Å². The standard InChI is InChI=1S/C23H30ClN3O2/c1-18(2)26-12-14-27(15-13-26)21-8-4-19(5-9-21)23(28)25(3)16-17-29-22-10-6-20(24)7-11-22/h4-11,18H,12-17H2,1-3H3. The van der Waals surface area contributed by atoms with Gasteiger partial charge >= 0.3 is 0 Å². The van der Waals surface area contributed by atoms with Crippen LogP contribution in [0.4, 0.5) is 5.69 Å². The van der Waals surface area contributed by atoms with Gasteiger partial charge in [-0.2, -0.15) is 0 Å². The van der Waals surface area contributed by atoms with E-state index in [0.29, 0.717) is 29.8 Å². The number of carbonyl (C=O) groups excluding carboxylic acids is 1. The summed E-state index contributed by atoms with van der Waals surface area (Å²) in [6, 6.07) is 15.8. The van der Waals surface area contributed by atoms with Gasteiger partial charge in [-0.25, -0.2) is 0 Å². The topological polar surface area (TPSA) is 36.0 Å². The summed E-state index contributed by atoms with van der Waals surface area (Å²) in [5.74, 6) is 0.748. The molecule has 3 rings (SSSR count). The lowest BCUT2D eigenvalue weighted by Gasteiger charge is -2.38. The van der Waals surface area contributed by atoms with Gasteiger partial charge in [0.1, 0.15) is 12.4 Å². The van der Waals surface area contributed by atoms with Crippen LogP contribution in [0.3, 0.4) is 0 Å². The molecule has 2 aromatic carbocycles. The first kappa shape index (κ1) is 21.5. The van der Waals surface area contributed by atoms with E-state index < -0.39 is 0 Å². The Morgan fingerprint density at radius 1 is 1.03 bits per heavy atom. The van der Waals surface area contributed by atoms with Gasteiger partial charge in [0.15, 0.2) is 0 Å². The number of hydrogen-bond donors (Lipinski definition) is 0. The number of rotatable bonds is 7. The van der Waals surface area contributed by atoms with E-state index in [2.05, 4.69) is 35.8 Å². The smallest absolute Gasteiger partial charge is 0.253 e. The molecule has 0 bridgehead atoms.